The third kappa shape index (κ3) is 3.18. The first-order valence-electron chi connectivity index (χ1n) is 8.69. The van der Waals surface area contributed by atoms with E-state index in [-0.39, 0.29) is 12.5 Å². The maximum absolute atomic E-state index is 12.9. The summed E-state index contributed by atoms with van der Waals surface area (Å²) in [4.78, 5) is 26.4. The summed E-state index contributed by atoms with van der Waals surface area (Å²) in [7, 11) is 1.58. The van der Waals surface area contributed by atoms with Gasteiger partial charge in [-0.1, -0.05) is 6.07 Å². The Bertz CT molecular complexity index is 642. The molecule has 1 fully saturated rings. The Morgan fingerprint density at radius 3 is 2.79 bits per heavy atom. The zero-order chi connectivity index (χ0) is 17.2. The molecule has 0 saturated carbocycles. The maximum atomic E-state index is 12.9. The molecule has 0 radical (unpaired) electrons. The fourth-order valence-corrected chi connectivity index (χ4v) is 3.98. The Kier molecular flexibility index (Phi) is 4.90. The van der Waals surface area contributed by atoms with Crippen molar-refractivity contribution in [1.82, 2.24) is 4.90 Å². The van der Waals surface area contributed by atoms with Gasteiger partial charge in [0.05, 0.1) is 5.41 Å². The van der Waals surface area contributed by atoms with Gasteiger partial charge < -0.3 is 14.7 Å². The minimum absolute atomic E-state index is 0.0487. The van der Waals surface area contributed by atoms with Gasteiger partial charge in [-0.05, 0) is 61.8 Å². The van der Waals surface area contributed by atoms with Gasteiger partial charge in [0, 0.05) is 32.4 Å². The van der Waals surface area contributed by atoms with Crippen LogP contribution in [0.4, 0.5) is 0 Å². The minimum Gasteiger partial charge on any atom is -0.481 e. The number of rotatable bonds is 5. The maximum Gasteiger partial charge on any atom is 0.311 e. The number of carbonyl (C=O) groups excluding carboxylic acids is 1. The number of aliphatic carboxylic acids is 1. The van der Waals surface area contributed by atoms with Gasteiger partial charge >= 0.3 is 5.97 Å². The molecule has 0 spiro atoms. The van der Waals surface area contributed by atoms with Gasteiger partial charge in [0.1, 0.15) is 0 Å². The molecule has 1 amide bonds. The lowest BCUT2D eigenvalue weighted by molar-refractivity contribution is -0.153. The van der Waals surface area contributed by atoms with E-state index in [4.69, 9.17) is 4.74 Å². The summed E-state index contributed by atoms with van der Waals surface area (Å²) in [6.07, 6.45) is 5.02. The van der Waals surface area contributed by atoms with Crippen LogP contribution in [0.1, 0.15) is 47.2 Å². The predicted octanol–water partition coefficient (Wildman–Crippen LogP) is 2.52. The second kappa shape index (κ2) is 6.93. The number of carboxylic acids is 1. The van der Waals surface area contributed by atoms with Crippen LogP contribution in [-0.2, 0) is 22.4 Å². The van der Waals surface area contributed by atoms with Gasteiger partial charge in [0.15, 0.2) is 0 Å². The molecule has 5 heteroatoms. The third-order valence-electron chi connectivity index (χ3n) is 5.45. The summed E-state index contributed by atoms with van der Waals surface area (Å²) >= 11 is 0. The molecule has 1 N–H and O–H groups in total. The molecule has 2 aliphatic rings. The lowest BCUT2D eigenvalue weighted by Gasteiger charge is -2.40. The van der Waals surface area contributed by atoms with E-state index >= 15 is 0 Å². The zero-order valence-corrected chi connectivity index (χ0v) is 14.2. The van der Waals surface area contributed by atoms with Crippen molar-refractivity contribution >= 4 is 11.9 Å². The highest BCUT2D eigenvalue weighted by molar-refractivity contribution is 5.95. The van der Waals surface area contributed by atoms with Crippen molar-refractivity contribution in [3.63, 3.8) is 0 Å². The van der Waals surface area contributed by atoms with Gasteiger partial charge in [-0.15, -0.1) is 0 Å². The van der Waals surface area contributed by atoms with Crippen molar-refractivity contribution in [2.75, 3.05) is 26.8 Å². The van der Waals surface area contributed by atoms with Crippen LogP contribution >= 0.6 is 0 Å². The number of piperidine rings is 1. The number of methoxy groups -OCH3 is 1. The van der Waals surface area contributed by atoms with Crippen molar-refractivity contribution in [2.24, 2.45) is 5.41 Å². The Balaban J connectivity index is 1.78. The first-order valence-corrected chi connectivity index (χ1v) is 8.69. The second-order valence-electron chi connectivity index (χ2n) is 7.00. The van der Waals surface area contributed by atoms with Crippen molar-refractivity contribution < 1.29 is 19.4 Å². The number of hydrogen-bond donors (Lipinski definition) is 1. The number of likely N-dealkylation sites (tertiary alicyclic amines) is 1. The summed E-state index contributed by atoms with van der Waals surface area (Å²) in [5, 5.41) is 9.72. The van der Waals surface area contributed by atoms with E-state index in [9.17, 15) is 14.7 Å². The largest absolute Gasteiger partial charge is 0.481 e. The van der Waals surface area contributed by atoms with Gasteiger partial charge in [0.25, 0.3) is 5.91 Å². The van der Waals surface area contributed by atoms with E-state index in [0.717, 1.165) is 19.3 Å². The third-order valence-corrected chi connectivity index (χ3v) is 5.45. The molecule has 3 rings (SSSR count). The summed E-state index contributed by atoms with van der Waals surface area (Å²) in [5.74, 6) is -0.876. The standard InChI is InChI=1S/C19H25NO4/c1-24-11-9-19(18(22)23)8-3-10-20(13-19)17(21)16-7-6-14-4-2-5-15(14)12-16/h6-7,12H,2-5,8-11,13H2,1H3,(H,22,23)/t19-/m1/s1. The molecular weight excluding hydrogens is 306 g/mol. The Hall–Kier alpha value is -1.88. The van der Waals surface area contributed by atoms with Crippen molar-refractivity contribution in [1.29, 1.82) is 0 Å². The fraction of sp³-hybridized carbons (Fsp3) is 0.579. The lowest BCUT2D eigenvalue weighted by Crippen LogP contribution is -2.50. The van der Waals surface area contributed by atoms with Crippen LogP contribution in [0.3, 0.4) is 0 Å². The number of carbonyl (C=O) groups is 2. The molecule has 1 heterocycles. The fourth-order valence-electron chi connectivity index (χ4n) is 3.98. The number of carboxylic acid groups (broad SMARTS) is 1. The van der Waals surface area contributed by atoms with Crippen LogP contribution in [0.15, 0.2) is 18.2 Å². The van der Waals surface area contributed by atoms with Gasteiger partial charge in [-0.2, -0.15) is 0 Å². The van der Waals surface area contributed by atoms with Crippen LogP contribution in [0, 0.1) is 5.41 Å². The van der Waals surface area contributed by atoms with Crippen LogP contribution in [-0.4, -0.2) is 48.7 Å². The predicted molar refractivity (Wildman–Crippen MR) is 90.2 cm³/mol. The molecule has 130 valence electrons. The monoisotopic (exact) mass is 331 g/mol. The van der Waals surface area contributed by atoms with Crippen molar-refractivity contribution in [2.45, 2.75) is 38.5 Å². The molecule has 1 aliphatic carbocycles. The van der Waals surface area contributed by atoms with E-state index in [0.29, 0.717) is 38.0 Å². The summed E-state index contributed by atoms with van der Waals surface area (Å²) in [6, 6.07) is 5.93. The molecule has 0 unspecified atom stereocenters. The number of benzene rings is 1. The quantitative estimate of drug-likeness (QED) is 0.900. The molecule has 1 aliphatic heterocycles. The second-order valence-corrected chi connectivity index (χ2v) is 7.00. The van der Waals surface area contributed by atoms with E-state index in [2.05, 4.69) is 6.07 Å². The number of aryl methyl sites for hydroxylation is 2. The average molecular weight is 331 g/mol. The molecule has 1 atom stereocenters. The highest BCUT2D eigenvalue weighted by Gasteiger charge is 2.43. The first kappa shape index (κ1) is 17.0. The topological polar surface area (TPSA) is 66.8 Å². The van der Waals surface area contributed by atoms with Crippen LogP contribution < -0.4 is 0 Å². The van der Waals surface area contributed by atoms with Gasteiger partial charge in [-0.25, -0.2) is 0 Å². The van der Waals surface area contributed by atoms with Crippen LogP contribution in [0.25, 0.3) is 0 Å². The number of ether oxygens (including phenoxy) is 1. The molecule has 24 heavy (non-hydrogen) atoms. The van der Waals surface area contributed by atoms with E-state index in [1.807, 2.05) is 12.1 Å². The van der Waals surface area contributed by atoms with Crippen LogP contribution in [0.2, 0.25) is 0 Å². The normalized spacial score (nSPS) is 23.1. The lowest BCUT2D eigenvalue weighted by atomic mass is 9.77. The van der Waals surface area contributed by atoms with Crippen LogP contribution in [0.5, 0.6) is 0 Å². The zero-order valence-electron chi connectivity index (χ0n) is 14.2. The summed E-state index contributed by atoms with van der Waals surface area (Å²) < 4.78 is 5.08. The van der Waals surface area contributed by atoms with Crippen molar-refractivity contribution in [3.05, 3.63) is 34.9 Å². The Morgan fingerprint density at radius 1 is 1.25 bits per heavy atom. The highest BCUT2D eigenvalue weighted by atomic mass is 16.5. The Labute approximate surface area is 142 Å². The SMILES string of the molecule is COCC[C@]1(C(=O)O)CCCN(C(=O)c2ccc3c(c2)CCC3)C1. The van der Waals surface area contributed by atoms with E-state index in [1.54, 1.807) is 12.0 Å². The summed E-state index contributed by atoms with van der Waals surface area (Å²) in [6.45, 7) is 1.28. The summed E-state index contributed by atoms with van der Waals surface area (Å²) in [5.41, 5.74) is 2.40. The molecule has 1 aromatic carbocycles. The number of hydrogen-bond acceptors (Lipinski definition) is 3. The Morgan fingerprint density at radius 2 is 2.04 bits per heavy atom. The van der Waals surface area contributed by atoms with Gasteiger partial charge in [-0.3, -0.25) is 9.59 Å². The number of fused-ring (bicyclic) bond motifs is 1. The van der Waals surface area contributed by atoms with E-state index in [1.165, 1.54) is 11.1 Å². The molecule has 5 nitrogen and oxygen atoms in total. The number of amides is 1. The molecule has 0 bridgehead atoms. The smallest absolute Gasteiger partial charge is 0.311 e. The van der Waals surface area contributed by atoms with Crippen molar-refractivity contribution in [3.8, 4) is 0 Å². The van der Waals surface area contributed by atoms with Gasteiger partial charge in [0.2, 0.25) is 0 Å². The number of nitrogens with zero attached hydrogens (tertiary/aromatic N) is 1. The first-order chi connectivity index (χ1) is 11.6. The molecular formula is C19H25NO4. The van der Waals surface area contributed by atoms with E-state index < -0.39 is 11.4 Å². The molecule has 1 saturated heterocycles. The highest BCUT2D eigenvalue weighted by Crippen LogP contribution is 2.35. The molecule has 1 aromatic rings. The minimum atomic E-state index is -0.888. The average Bonchev–Trinajstić information content (AvgIpc) is 3.07. The molecule has 0 aromatic heterocycles.